The van der Waals surface area contributed by atoms with Gasteiger partial charge < -0.3 is 14.9 Å². The van der Waals surface area contributed by atoms with E-state index in [1.54, 1.807) is 30.3 Å². The van der Waals surface area contributed by atoms with Crippen LogP contribution in [0.25, 0.3) is 11.0 Å². The smallest absolute Gasteiger partial charge is 0.265 e. The molecule has 1 saturated heterocycles. The van der Waals surface area contributed by atoms with Gasteiger partial charge in [-0.2, -0.15) is 4.31 Å². The lowest BCUT2D eigenvalue weighted by Crippen LogP contribution is -2.40. The van der Waals surface area contributed by atoms with Crippen LogP contribution in [0.3, 0.4) is 0 Å². The third-order valence-corrected chi connectivity index (χ3v) is 6.86. The second kappa shape index (κ2) is 8.68. The van der Waals surface area contributed by atoms with E-state index < -0.39 is 15.9 Å². The Bertz CT molecular complexity index is 1160. The van der Waals surface area contributed by atoms with Crippen LogP contribution in [-0.2, 0) is 19.6 Å². The highest BCUT2D eigenvalue weighted by atomic mass is 79.9. The minimum Gasteiger partial charge on any atom is -0.385 e. The van der Waals surface area contributed by atoms with Crippen molar-refractivity contribution in [3.05, 3.63) is 46.9 Å². The maximum Gasteiger partial charge on any atom is 0.265 e. The number of hydrogen-bond donors (Lipinski definition) is 1. The van der Waals surface area contributed by atoms with E-state index in [1.807, 2.05) is 0 Å². The summed E-state index contributed by atoms with van der Waals surface area (Å²) in [7, 11) is -3.68. The van der Waals surface area contributed by atoms with Crippen LogP contribution in [0.5, 0.6) is 0 Å². The van der Waals surface area contributed by atoms with Gasteiger partial charge >= 0.3 is 0 Å². The van der Waals surface area contributed by atoms with Gasteiger partial charge in [0, 0.05) is 23.2 Å². The molecule has 1 N–H and O–H groups in total. The largest absolute Gasteiger partial charge is 0.385 e. The van der Waals surface area contributed by atoms with Crippen LogP contribution < -0.4 is 10.2 Å². The molecule has 0 atom stereocenters. The summed E-state index contributed by atoms with van der Waals surface area (Å²) in [6, 6.07) is 11.6. The van der Waals surface area contributed by atoms with Crippen molar-refractivity contribution in [2.45, 2.75) is 4.90 Å². The molecule has 3 aromatic rings. The van der Waals surface area contributed by atoms with Crippen molar-refractivity contribution in [3.8, 4) is 0 Å². The molecule has 1 aliphatic heterocycles. The molecule has 0 unspecified atom stereocenters. The number of nitrogens with zero attached hydrogens (tertiary/aromatic N) is 4. The SMILES string of the molecule is O=C(COn1nnc2ccc(S(=O)(=O)N3CCOCC3)cc21)Nc1ccc(Br)cc1. The summed E-state index contributed by atoms with van der Waals surface area (Å²) >= 11 is 3.33. The molecule has 12 heteroatoms. The van der Waals surface area contributed by atoms with Gasteiger partial charge in [0.15, 0.2) is 6.61 Å². The van der Waals surface area contributed by atoms with Crippen molar-refractivity contribution in [1.29, 1.82) is 0 Å². The maximum atomic E-state index is 12.9. The standard InChI is InChI=1S/C18H18BrN5O5S/c19-13-1-3-14(4-2-13)20-18(25)12-29-24-17-11-15(5-6-16(17)21-22-24)30(26,27)23-7-9-28-10-8-23/h1-6,11H,7-10,12H2,(H,20,25). The van der Waals surface area contributed by atoms with E-state index in [1.165, 1.54) is 16.4 Å². The highest BCUT2D eigenvalue weighted by Gasteiger charge is 2.27. The molecule has 0 spiro atoms. The van der Waals surface area contributed by atoms with Crippen molar-refractivity contribution in [3.63, 3.8) is 0 Å². The first kappa shape index (κ1) is 20.7. The van der Waals surface area contributed by atoms with Crippen LogP contribution in [-0.4, -0.2) is 66.7 Å². The zero-order valence-electron chi connectivity index (χ0n) is 15.7. The first-order chi connectivity index (χ1) is 14.4. The van der Waals surface area contributed by atoms with Crippen LogP contribution in [0.4, 0.5) is 5.69 Å². The molecular weight excluding hydrogens is 478 g/mol. The van der Waals surface area contributed by atoms with E-state index in [0.717, 1.165) is 9.32 Å². The molecule has 2 heterocycles. The second-order valence-corrected chi connectivity index (χ2v) is 9.31. The zero-order valence-corrected chi connectivity index (χ0v) is 18.1. The highest BCUT2D eigenvalue weighted by molar-refractivity contribution is 9.10. The summed E-state index contributed by atoms with van der Waals surface area (Å²) in [5.41, 5.74) is 1.42. The molecule has 0 bridgehead atoms. The quantitative estimate of drug-likeness (QED) is 0.547. The van der Waals surface area contributed by atoms with Gasteiger partial charge in [0.2, 0.25) is 10.0 Å². The number of halogens is 1. The Labute approximate surface area is 180 Å². The number of hydrogen-bond acceptors (Lipinski definition) is 7. The first-order valence-corrected chi connectivity index (χ1v) is 11.3. The fourth-order valence-electron chi connectivity index (χ4n) is 2.92. The number of morpholine rings is 1. The van der Waals surface area contributed by atoms with Gasteiger partial charge in [-0.15, -0.1) is 5.10 Å². The van der Waals surface area contributed by atoms with Crippen molar-refractivity contribution < 1.29 is 22.8 Å². The fourth-order valence-corrected chi connectivity index (χ4v) is 4.61. The molecule has 1 fully saturated rings. The van der Waals surface area contributed by atoms with E-state index in [2.05, 4.69) is 31.6 Å². The van der Waals surface area contributed by atoms with Crippen LogP contribution in [0.15, 0.2) is 51.8 Å². The minimum atomic E-state index is -3.68. The lowest BCUT2D eigenvalue weighted by Gasteiger charge is -2.26. The van der Waals surface area contributed by atoms with E-state index in [9.17, 15) is 13.2 Å². The molecule has 4 rings (SSSR count). The Morgan fingerprint density at radius 1 is 1.17 bits per heavy atom. The van der Waals surface area contributed by atoms with Gasteiger partial charge in [0.05, 0.1) is 18.1 Å². The normalized spacial score (nSPS) is 15.2. The lowest BCUT2D eigenvalue weighted by molar-refractivity contribution is -0.121. The molecule has 1 aromatic heterocycles. The van der Waals surface area contributed by atoms with Crippen LogP contribution in [0.1, 0.15) is 0 Å². The number of amides is 1. The monoisotopic (exact) mass is 495 g/mol. The molecule has 0 saturated carbocycles. The number of carbonyl (C=O) groups excluding carboxylic acids is 1. The summed E-state index contributed by atoms with van der Waals surface area (Å²) in [6.45, 7) is 0.985. The molecule has 0 radical (unpaired) electrons. The average Bonchev–Trinajstić information content (AvgIpc) is 3.17. The third-order valence-electron chi connectivity index (χ3n) is 4.44. The molecule has 30 heavy (non-hydrogen) atoms. The Balaban J connectivity index is 1.48. The number of carbonyl (C=O) groups is 1. The second-order valence-electron chi connectivity index (χ2n) is 6.46. The number of fused-ring (bicyclic) bond motifs is 1. The summed E-state index contributed by atoms with van der Waals surface area (Å²) in [6.07, 6.45) is 0. The average molecular weight is 496 g/mol. The van der Waals surface area contributed by atoms with E-state index in [-0.39, 0.29) is 11.5 Å². The molecule has 0 aliphatic carbocycles. The molecule has 10 nitrogen and oxygen atoms in total. The summed E-state index contributed by atoms with van der Waals surface area (Å²) in [4.78, 5) is 18.7. The van der Waals surface area contributed by atoms with Gasteiger partial charge in [-0.25, -0.2) is 8.42 Å². The molecule has 158 valence electrons. The predicted octanol–water partition coefficient (Wildman–Crippen LogP) is 1.28. The Morgan fingerprint density at radius 2 is 1.90 bits per heavy atom. The van der Waals surface area contributed by atoms with E-state index in [4.69, 9.17) is 9.57 Å². The van der Waals surface area contributed by atoms with Gasteiger partial charge in [0.25, 0.3) is 5.91 Å². The number of sulfonamides is 1. The number of aromatic nitrogens is 3. The number of anilines is 1. The number of rotatable bonds is 6. The van der Waals surface area contributed by atoms with Crippen molar-refractivity contribution >= 4 is 48.6 Å². The lowest BCUT2D eigenvalue weighted by atomic mass is 10.3. The van der Waals surface area contributed by atoms with Gasteiger partial charge in [0.1, 0.15) is 11.0 Å². The van der Waals surface area contributed by atoms with Crippen LogP contribution in [0, 0.1) is 0 Å². The van der Waals surface area contributed by atoms with Gasteiger partial charge in [-0.1, -0.05) is 20.8 Å². The topological polar surface area (TPSA) is 116 Å². The number of ether oxygens (including phenoxy) is 1. The van der Waals surface area contributed by atoms with E-state index >= 15 is 0 Å². The van der Waals surface area contributed by atoms with Gasteiger partial charge in [-0.3, -0.25) is 4.79 Å². The third kappa shape index (κ3) is 4.46. The summed E-state index contributed by atoms with van der Waals surface area (Å²) in [5.74, 6) is -0.391. The van der Waals surface area contributed by atoms with Crippen molar-refractivity contribution in [2.24, 2.45) is 0 Å². The molecule has 1 aliphatic rings. The van der Waals surface area contributed by atoms with Gasteiger partial charge in [-0.05, 0) is 47.7 Å². The Morgan fingerprint density at radius 3 is 2.63 bits per heavy atom. The van der Waals surface area contributed by atoms with E-state index in [0.29, 0.717) is 43.0 Å². The highest BCUT2D eigenvalue weighted by Crippen LogP contribution is 2.21. The first-order valence-electron chi connectivity index (χ1n) is 9.05. The van der Waals surface area contributed by atoms with Crippen molar-refractivity contribution in [1.82, 2.24) is 19.5 Å². The van der Waals surface area contributed by atoms with Crippen LogP contribution in [0.2, 0.25) is 0 Å². The minimum absolute atomic E-state index is 0.100. The molecular formula is C18H18BrN5O5S. The number of benzene rings is 2. The summed E-state index contributed by atoms with van der Waals surface area (Å²) in [5, 5.41) is 10.5. The Kier molecular flexibility index (Phi) is 5.99. The maximum absolute atomic E-state index is 12.9. The fraction of sp³-hybridized carbons (Fsp3) is 0.278. The Hall–Kier alpha value is -2.54. The van der Waals surface area contributed by atoms with Crippen molar-refractivity contribution in [2.75, 3.05) is 38.2 Å². The van der Waals surface area contributed by atoms with Crippen LogP contribution >= 0.6 is 15.9 Å². The summed E-state index contributed by atoms with van der Waals surface area (Å²) < 4.78 is 33.2. The zero-order chi connectivity index (χ0) is 21.1. The molecule has 1 amide bonds. The predicted molar refractivity (Wildman–Crippen MR) is 111 cm³/mol. The number of nitrogens with one attached hydrogen (secondary N) is 1. The molecule has 2 aromatic carbocycles.